The zero-order valence-electron chi connectivity index (χ0n) is 12.2. The molecule has 1 heterocycles. The minimum Gasteiger partial charge on any atom is -0.475 e. The molecule has 0 amide bonds. The van der Waals surface area contributed by atoms with Crippen LogP contribution in [-0.2, 0) is 11.3 Å². The standard InChI is InChI=1S/C17H20O4/c1-11-3-2-4-14(7-11)20-10-12-5-6-15-13(8-12)9-16(21-15)17(18)19/h5-6,8-9,11,14H,2-4,7,10H2,1H3,(H,18,19). The third kappa shape index (κ3) is 3.27. The summed E-state index contributed by atoms with van der Waals surface area (Å²) in [5.41, 5.74) is 1.65. The Morgan fingerprint density at radius 2 is 2.24 bits per heavy atom. The molecular formula is C17H20O4. The lowest BCUT2D eigenvalue weighted by atomic mass is 9.89. The van der Waals surface area contributed by atoms with E-state index in [1.54, 1.807) is 6.07 Å². The third-order valence-corrected chi connectivity index (χ3v) is 4.17. The molecule has 2 atom stereocenters. The first-order chi connectivity index (χ1) is 10.1. The Balaban J connectivity index is 1.68. The molecule has 112 valence electrons. The van der Waals surface area contributed by atoms with Crippen LogP contribution < -0.4 is 0 Å². The SMILES string of the molecule is CC1CCCC(OCc2ccc3oc(C(=O)O)cc3c2)C1. The van der Waals surface area contributed by atoms with Crippen molar-refractivity contribution in [2.24, 2.45) is 5.92 Å². The number of aromatic carboxylic acids is 1. The Morgan fingerprint density at radius 1 is 1.38 bits per heavy atom. The van der Waals surface area contributed by atoms with Crippen molar-refractivity contribution in [2.75, 3.05) is 0 Å². The molecule has 21 heavy (non-hydrogen) atoms. The second kappa shape index (κ2) is 5.90. The van der Waals surface area contributed by atoms with Crippen molar-refractivity contribution in [2.45, 2.75) is 45.3 Å². The van der Waals surface area contributed by atoms with E-state index < -0.39 is 5.97 Å². The van der Waals surface area contributed by atoms with Crippen LogP contribution in [0, 0.1) is 5.92 Å². The maximum absolute atomic E-state index is 10.9. The van der Waals surface area contributed by atoms with Gasteiger partial charge in [-0.15, -0.1) is 0 Å². The first-order valence-electron chi connectivity index (χ1n) is 7.49. The van der Waals surface area contributed by atoms with Gasteiger partial charge >= 0.3 is 5.97 Å². The zero-order chi connectivity index (χ0) is 14.8. The number of ether oxygens (including phenoxy) is 1. The van der Waals surface area contributed by atoms with Crippen LogP contribution in [0.1, 0.15) is 48.7 Å². The quantitative estimate of drug-likeness (QED) is 0.914. The minimum absolute atomic E-state index is 0.0239. The van der Waals surface area contributed by atoms with Crippen LogP contribution in [0.15, 0.2) is 28.7 Å². The van der Waals surface area contributed by atoms with Crippen LogP contribution in [0.25, 0.3) is 11.0 Å². The van der Waals surface area contributed by atoms with Crippen LogP contribution in [-0.4, -0.2) is 17.2 Å². The second-order valence-electron chi connectivity index (χ2n) is 5.99. The molecule has 1 aliphatic carbocycles. The Bertz CT molecular complexity index is 643. The molecule has 0 radical (unpaired) electrons. The van der Waals surface area contributed by atoms with Crippen LogP contribution in [0.5, 0.6) is 0 Å². The van der Waals surface area contributed by atoms with E-state index >= 15 is 0 Å². The van der Waals surface area contributed by atoms with Crippen molar-refractivity contribution < 1.29 is 19.1 Å². The number of furan rings is 1. The van der Waals surface area contributed by atoms with E-state index in [9.17, 15) is 4.79 Å². The van der Waals surface area contributed by atoms with Crippen LogP contribution in [0.4, 0.5) is 0 Å². The average Bonchev–Trinajstić information content (AvgIpc) is 2.88. The number of hydrogen-bond acceptors (Lipinski definition) is 3. The van der Waals surface area contributed by atoms with Crippen LogP contribution in [0.3, 0.4) is 0 Å². The Hall–Kier alpha value is -1.81. The van der Waals surface area contributed by atoms with E-state index in [4.69, 9.17) is 14.3 Å². The lowest BCUT2D eigenvalue weighted by molar-refractivity contribution is 0.00471. The number of fused-ring (bicyclic) bond motifs is 1. The predicted molar refractivity (Wildman–Crippen MR) is 79.4 cm³/mol. The van der Waals surface area contributed by atoms with Gasteiger partial charge in [-0.1, -0.05) is 25.8 Å². The largest absolute Gasteiger partial charge is 0.475 e. The fraction of sp³-hybridized carbons (Fsp3) is 0.471. The first kappa shape index (κ1) is 14.1. The molecule has 0 spiro atoms. The molecule has 3 rings (SSSR count). The Morgan fingerprint density at radius 3 is 3.00 bits per heavy atom. The van der Waals surface area contributed by atoms with Gasteiger partial charge in [0.25, 0.3) is 0 Å². The summed E-state index contributed by atoms with van der Waals surface area (Å²) in [4.78, 5) is 10.9. The molecule has 1 fully saturated rings. The van der Waals surface area contributed by atoms with E-state index in [0.29, 0.717) is 18.3 Å². The molecule has 2 aromatic rings. The summed E-state index contributed by atoms with van der Waals surface area (Å²) in [6.07, 6.45) is 5.18. The van der Waals surface area contributed by atoms with E-state index in [1.165, 1.54) is 12.8 Å². The number of carbonyl (C=O) groups is 1. The summed E-state index contributed by atoms with van der Waals surface area (Å²) in [5, 5.41) is 9.75. The molecule has 2 unspecified atom stereocenters. The second-order valence-corrected chi connectivity index (χ2v) is 5.99. The molecule has 1 N–H and O–H groups in total. The van der Waals surface area contributed by atoms with Crippen molar-refractivity contribution >= 4 is 16.9 Å². The van der Waals surface area contributed by atoms with Crippen molar-refractivity contribution in [3.63, 3.8) is 0 Å². The monoisotopic (exact) mass is 288 g/mol. The summed E-state index contributed by atoms with van der Waals surface area (Å²) in [7, 11) is 0. The fourth-order valence-electron chi connectivity index (χ4n) is 3.03. The predicted octanol–water partition coefficient (Wildman–Crippen LogP) is 4.23. The Labute approximate surface area is 123 Å². The highest BCUT2D eigenvalue weighted by Gasteiger charge is 2.19. The van der Waals surface area contributed by atoms with Crippen LogP contribution >= 0.6 is 0 Å². The molecule has 0 bridgehead atoms. The molecule has 1 saturated carbocycles. The van der Waals surface area contributed by atoms with Crippen molar-refractivity contribution in [3.8, 4) is 0 Å². The van der Waals surface area contributed by atoms with Crippen molar-refractivity contribution in [1.82, 2.24) is 0 Å². The molecule has 1 aromatic heterocycles. The van der Waals surface area contributed by atoms with Gasteiger partial charge in [-0.2, -0.15) is 0 Å². The summed E-state index contributed by atoms with van der Waals surface area (Å²) < 4.78 is 11.2. The highest BCUT2D eigenvalue weighted by Crippen LogP contribution is 2.27. The molecule has 1 aliphatic rings. The molecule has 4 heteroatoms. The third-order valence-electron chi connectivity index (χ3n) is 4.17. The number of benzene rings is 1. The lowest BCUT2D eigenvalue weighted by Gasteiger charge is -2.26. The van der Waals surface area contributed by atoms with E-state index in [-0.39, 0.29) is 5.76 Å². The molecule has 0 aliphatic heterocycles. The van der Waals surface area contributed by atoms with Gasteiger partial charge in [-0.3, -0.25) is 0 Å². The first-order valence-corrected chi connectivity index (χ1v) is 7.49. The van der Waals surface area contributed by atoms with E-state index in [2.05, 4.69) is 6.92 Å². The molecule has 4 nitrogen and oxygen atoms in total. The highest BCUT2D eigenvalue weighted by atomic mass is 16.5. The van der Waals surface area contributed by atoms with E-state index in [1.807, 2.05) is 18.2 Å². The minimum atomic E-state index is -1.04. The zero-order valence-corrected chi connectivity index (χ0v) is 12.2. The summed E-state index contributed by atoms with van der Waals surface area (Å²) in [6.45, 7) is 2.85. The summed E-state index contributed by atoms with van der Waals surface area (Å²) in [6, 6.07) is 7.25. The highest BCUT2D eigenvalue weighted by molar-refractivity contribution is 5.91. The van der Waals surface area contributed by atoms with Crippen LogP contribution in [0.2, 0.25) is 0 Å². The summed E-state index contributed by atoms with van der Waals surface area (Å²) in [5.74, 6) is -0.317. The van der Waals surface area contributed by atoms with Gasteiger partial charge in [-0.25, -0.2) is 4.79 Å². The Kier molecular flexibility index (Phi) is 3.97. The van der Waals surface area contributed by atoms with Crippen molar-refractivity contribution in [3.05, 3.63) is 35.6 Å². The van der Waals surface area contributed by atoms with Gasteiger partial charge < -0.3 is 14.3 Å². The van der Waals surface area contributed by atoms with Gasteiger partial charge in [-0.05, 0) is 42.5 Å². The number of carboxylic acids is 1. The fourth-order valence-corrected chi connectivity index (χ4v) is 3.03. The molecular weight excluding hydrogens is 268 g/mol. The summed E-state index contributed by atoms with van der Waals surface area (Å²) >= 11 is 0. The van der Waals surface area contributed by atoms with E-state index in [0.717, 1.165) is 29.7 Å². The maximum Gasteiger partial charge on any atom is 0.371 e. The number of carboxylic acid groups (broad SMARTS) is 1. The lowest BCUT2D eigenvalue weighted by Crippen LogP contribution is -2.21. The topological polar surface area (TPSA) is 59.7 Å². The normalized spacial score (nSPS) is 22.5. The molecule has 0 saturated heterocycles. The maximum atomic E-state index is 10.9. The number of rotatable bonds is 4. The van der Waals surface area contributed by atoms with Gasteiger partial charge in [0.2, 0.25) is 5.76 Å². The smallest absolute Gasteiger partial charge is 0.371 e. The number of hydrogen-bond donors (Lipinski definition) is 1. The van der Waals surface area contributed by atoms with Gasteiger partial charge in [0.05, 0.1) is 12.7 Å². The van der Waals surface area contributed by atoms with Crippen molar-refractivity contribution in [1.29, 1.82) is 0 Å². The van der Waals surface area contributed by atoms with Gasteiger partial charge in [0, 0.05) is 5.39 Å². The molecule has 1 aromatic carbocycles. The average molecular weight is 288 g/mol. The van der Waals surface area contributed by atoms with Gasteiger partial charge in [0.15, 0.2) is 0 Å². The van der Waals surface area contributed by atoms with Gasteiger partial charge in [0.1, 0.15) is 5.58 Å².